The van der Waals surface area contributed by atoms with Crippen molar-refractivity contribution < 1.29 is 4.74 Å². The first-order valence-electron chi connectivity index (χ1n) is 3.56. The predicted molar refractivity (Wildman–Crippen MR) is 50.3 cm³/mol. The number of rotatable bonds is 2. The van der Waals surface area contributed by atoms with Gasteiger partial charge in [-0.1, -0.05) is 23.4 Å². The summed E-state index contributed by atoms with van der Waals surface area (Å²) in [4.78, 5) is 3.96. The van der Waals surface area contributed by atoms with E-state index in [1.165, 1.54) is 11.8 Å². The summed E-state index contributed by atoms with van der Waals surface area (Å²) >= 11 is 12.9. The molecule has 0 radical (unpaired) electrons. The highest BCUT2D eigenvalue weighted by Gasteiger charge is 2.22. The quantitative estimate of drug-likeness (QED) is 0.784. The van der Waals surface area contributed by atoms with Gasteiger partial charge in [-0.05, 0) is 11.6 Å². The van der Waals surface area contributed by atoms with Gasteiger partial charge in [0.15, 0.2) is 5.15 Å². The predicted octanol–water partition coefficient (Wildman–Crippen LogP) is 1.67. The van der Waals surface area contributed by atoms with Crippen LogP contribution in [0.1, 0.15) is 0 Å². The first-order chi connectivity index (χ1) is 6.25. The van der Waals surface area contributed by atoms with E-state index in [1.807, 2.05) is 0 Å². The van der Waals surface area contributed by atoms with Crippen molar-refractivity contribution in [3.05, 3.63) is 10.4 Å². The van der Waals surface area contributed by atoms with E-state index in [2.05, 4.69) is 15.2 Å². The van der Waals surface area contributed by atoms with Gasteiger partial charge in [-0.25, -0.2) is 4.98 Å². The number of aromatic nitrogens is 3. The lowest BCUT2D eigenvalue weighted by atomic mass is 10.4. The van der Waals surface area contributed by atoms with E-state index in [1.54, 1.807) is 0 Å². The molecular weight excluding hydrogens is 233 g/mol. The van der Waals surface area contributed by atoms with Gasteiger partial charge in [0.05, 0.1) is 18.5 Å². The van der Waals surface area contributed by atoms with Crippen LogP contribution >= 0.6 is 35.0 Å². The smallest absolute Gasteiger partial charge is 0.244 e. The molecule has 7 heteroatoms. The highest BCUT2D eigenvalue weighted by molar-refractivity contribution is 8.00. The summed E-state index contributed by atoms with van der Waals surface area (Å²) < 4.78 is 5.02. The molecule has 0 amide bonds. The molecule has 1 fully saturated rings. The van der Waals surface area contributed by atoms with Crippen molar-refractivity contribution in [1.29, 1.82) is 0 Å². The van der Waals surface area contributed by atoms with Crippen molar-refractivity contribution in [3.8, 4) is 0 Å². The summed E-state index contributed by atoms with van der Waals surface area (Å²) in [7, 11) is 0. The summed E-state index contributed by atoms with van der Waals surface area (Å²) in [5, 5.41) is 8.61. The van der Waals surface area contributed by atoms with Gasteiger partial charge in [-0.15, -0.1) is 10.2 Å². The normalized spacial score (nSPS) is 17.1. The lowest BCUT2D eigenvalue weighted by molar-refractivity contribution is 0.0454. The second-order valence-corrected chi connectivity index (χ2v) is 4.44. The molecule has 4 nitrogen and oxygen atoms in total. The third-order valence-corrected chi connectivity index (χ3v) is 3.12. The molecule has 1 aromatic rings. The van der Waals surface area contributed by atoms with Crippen molar-refractivity contribution in [1.82, 2.24) is 15.2 Å². The number of halogens is 2. The minimum absolute atomic E-state index is 0.118. The van der Waals surface area contributed by atoms with Gasteiger partial charge in [0.25, 0.3) is 0 Å². The van der Waals surface area contributed by atoms with Crippen LogP contribution in [0.5, 0.6) is 0 Å². The molecule has 0 bridgehead atoms. The van der Waals surface area contributed by atoms with Gasteiger partial charge < -0.3 is 4.74 Å². The Hall–Kier alpha value is -0.100. The topological polar surface area (TPSA) is 47.9 Å². The molecule has 13 heavy (non-hydrogen) atoms. The van der Waals surface area contributed by atoms with Gasteiger partial charge in [0.2, 0.25) is 5.28 Å². The molecular formula is C6H5Cl2N3OS. The van der Waals surface area contributed by atoms with Crippen LogP contribution < -0.4 is 0 Å². The van der Waals surface area contributed by atoms with Crippen LogP contribution in [0.2, 0.25) is 10.4 Å². The van der Waals surface area contributed by atoms with E-state index < -0.39 is 0 Å². The van der Waals surface area contributed by atoms with Crippen LogP contribution in [0, 0.1) is 0 Å². The molecule has 0 aromatic carbocycles. The van der Waals surface area contributed by atoms with E-state index in [9.17, 15) is 0 Å². The molecule has 1 aliphatic rings. The zero-order chi connectivity index (χ0) is 9.26. The first kappa shape index (κ1) is 9.45. The summed E-state index contributed by atoms with van der Waals surface area (Å²) in [6.07, 6.45) is 0. The maximum Gasteiger partial charge on any atom is 0.244 e. The summed E-state index contributed by atoms with van der Waals surface area (Å²) in [6.45, 7) is 1.45. The maximum absolute atomic E-state index is 5.76. The van der Waals surface area contributed by atoms with E-state index >= 15 is 0 Å². The van der Waals surface area contributed by atoms with E-state index in [0.29, 0.717) is 15.4 Å². The average Bonchev–Trinajstić information content (AvgIpc) is 2.03. The highest BCUT2D eigenvalue weighted by Crippen LogP contribution is 2.30. The first-order valence-corrected chi connectivity index (χ1v) is 5.19. The SMILES string of the molecule is Clc1nnc(Cl)c(SC2COC2)n1. The molecule has 0 saturated carbocycles. The Morgan fingerprint density at radius 1 is 1.31 bits per heavy atom. The Kier molecular flexibility index (Phi) is 2.88. The Morgan fingerprint density at radius 2 is 2.08 bits per heavy atom. The van der Waals surface area contributed by atoms with Gasteiger partial charge in [0.1, 0.15) is 5.03 Å². The zero-order valence-electron chi connectivity index (χ0n) is 6.41. The average molecular weight is 238 g/mol. The number of nitrogens with zero attached hydrogens (tertiary/aromatic N) is 3. The maximum atomic E-state index is 5.76. The zero-order valence-corrected chi connectivity index (χ0v) is 8.73. The fourth-order valence-corrected chi connectivity index (χ4v) is 2.10. The van der Waals surface area contributed by atoms with Gasteiger partial charge in [-0.3, -0.25) is 0 Å². The number of hydrogen-bond acceptors (Lipinski definition) is 5. The van der Waals surface area contributed by atoms with Gasteiger partial charge in [0, 0.05) is 0 Å². The standard InChI is InChI=1S/C6H5Cl2N3OS/c7-4-5(9-6(8)11-10-4)13-3-1-12-2-3/h3H,1-2H2. The Bertz CT molecular complexity index is 321. The Morgan fingerprint density at radius 3 is 2.69 bits per heavy atom. The van der Waals surface area contributed by atoms with Crippen LogP contribution in [-0.2, 0) is 4.74 Å². The third kappa shape index (κ3) is 2.22. The Labute approximate surface area is 89.0 Å². The second-order valence-electron chi connectivity index (χ2n) is 2.45. The lowest BCUT2D eigenvalue weighted by Crippen LogP contribution is -2.30. The van der Waals surface area contributed by atoms with Crippen molar-refractivity contribution in [3.63, 3.8) is 0 Å². The van der Waals surface area contributed by atoms with Crippen molar-refractivity contribution in [2.24, 2.45) is 0 Å². The summed E-state index contributed by atoms with van der Waals surface area (Å²) in [5.41, 5.74) is 0. The van der Waals surface area contributed by atoms with Crippen molar-refractivity contribution in [2.45, 2.75) is 10.3 Å². The third-order valence-electron chi connectivity index (χ3n) is 1.48. The van der Waals surface area contributed by atoms with Gasteiger partial charge >= 0.3 is 0 Å². The van der Waals surface area contributed by atoms with E-state index in [-0.39, 0.29) is 5.28 Å². The number of thioether (sulfide) groups is 1. The molecule has 2 heterocycles. The van der Waals surface area contributed by atoms with Crippen molar-refractivity contribution >= 4 is 35.0 Å². The minimum atomic E-state index is 0.118. The molecule has 1 aliphatic heterocycles. The van der Waals surface area contributed by atoms with Crippen LogP contribution in [-0.4, -0.2) is 33.6 Å². The highest BCUT2D eigenvalue weighted by atomic mass is 35.5. The fourth-order valence-electron chi connectivity index (χ4n) is 0.795. The van der Waals surface area contributed by atoms with E-state index in [0.717, 1.165) is 13.2 Å². The molecule has 70 valence electrons. The lowest BCUT2D eigenvalue weighted by Gasteiger charge is -2.24. The summed E-state index contributed by atoms with van der Waals surface area (Å²) in [5.74, 6) is 0. The van der Waals surface area contributed by atoms with Crippen molar-refractivity contribution in [2.75, 3.05) is 13.2 Å². The second kappa shape index (κ2) is 3.96. The summed E-state index contributed by atoms with van der Waals surface area (Å²) in [6, 6.07) is 0. The van der Waals surface area contributed by atoms with Crippen LogP contribution in [0.15, 0.2) is 5.03 Å². The molecule has 0 N–H and O–H groups in total. The largest absolute Gasteiger partial charge is 0.379 e. The molecule has 0 unspecified atom stereocenters. The van der Waals surface area contributed by atoms with Gasteiger partial charge in [-0.2, -0.15) is 0 Å². The molecule has 0 aliphatic carbocycles. The van der Waals surface area contributed by atoms with E-state index in [4.69, 9.17) is 27.9 Å². The van der Waals surface area contributed by atoms with Crippen LogP contribution in [0.3, 0.4) is 0 Å². The molecule has 1 saturated heterocycles. The minimum Gasteiger partial charge on any atom is -0.379 e. The number of hydrogen-bond donors (Lipinski definition) is 0. The fraction of sp³-hybridized carbons (Fsp3) is 0.500. The molecule has 2 rings (SSSR count). The Balaban J connectivity index is 2.13. The van der Waals surface area contributed by atoms with Crippen LogP contribution in [0.4, 0.5) is 0 Å². The number of ether oxygens (including phenoxy) is 1. The molecule has 1 aromatic heterocycles. The monoisotopic (exact) mass is 237 g/mol. The molecule has 0 atom stereocenters. The van der Waals surface area contributed by atoms with Crippen LogP contribution in [0.25, 0.3) is 0 Å². The molecule has 0 spiro atoms.